The summed E-state index contributed by atoms with van der Waals surface area (Å²) in [7, 11) is 0. The average Bonchev–Trinajstić information content (AvgIpc) is 3.23. The SMILES string of the molecule is O=C(NCC1CCOC1)c1ccc2c(c1)NC(=O)c1cccn1S2. The molecule has 0 aliphatic carbocycles. The zero-order valence-electron chi connectivity index (χ0n) is 13.0. The van der Waals surface area contributed by atoms with Gasteiger partial charge in [-0.1, -0.05) is 0 Å². The van der Waals surface area contributed by atoms with Crippen LogP contribution in [0.15, 0.2) is 41.4 Å². The average molecular weight is 343 g/mol. The maximum absolute atomic E-state index is 12.3. The number of benzene rings is 1. The molecule has 24 heavy (non-hydrogen) atoms. The first-order valence-electron chi connectivity index (χ1n) is 7.88. The number of rotatable bonds is 3. The maximum Gasteiger partial charge on any atom is 0.273 e. The molecule has 0 bridgehead atoms. The van der Waals surface area contributed by atoms with Gasteiger partial charge in [0.25, 0.3) is 11.8 Å². The molecule has 1 aromatic carbocycles. The van der Waals surface area contributed by atoms with Crippen LogP contribution in [0.4, 0.5) is 5.69 Å². The van der Waals surface area contributed by atoms with Crippen molar-refractivity contribution in [2.24, 2.45) is 5.92 Å². The molecule has 2 aromatic rings. The molecule has 1 aromatic heterocycles. The second-order valence-electron chi connectivity index (χ2n) is 5.92. The van der Waals surface area contributed by atoms with E-state index >= 15 is 0 Å². The molecule has 3 heterocycles. The number of hydrogen-bond acceptors (Lipinski definition) is 4. The summed E-state index contributed by atoms with van der Waals surface area (Å²) in [5, 5.41) is 5.82. The number of aromatic nitrogens is 1. The van der Waals surface area contributed by atoms with E-state index in [2.05, 4.69) is 10.6 Å². The molecule has 0 saturated carbocycles. The largest absolute Gasteiger partial charge is 0.381 e. The van der Waals surface area contributed by atoms with E-state index in [-0.39, 0.29) is 11.8 Å². The van der Waals surface area contributed by atoms with Crippen LogP contribution in [-0.2, 0) is 4.74 Å². The number of nitrogens with zero attached hydrogens (tertiary/aromatic N) is 1. The van der Waals surface area contributed by atoms with Crippen molar-refractivity contribution in [2.45, 2.75) is 11.3 Å². The highest BCUT2D eigenvalue weighted by molar-refractivity contribution is 7.98. The first kappa shape index (κ1) is 15.3. The minimum absolute atomic E-state index is 0.132. The Balaban J connectivity index is 1.51. The predicted octanol–water partition coefficient (Wildman–Crippen LogP) is 2.38. The van der Waals surface area contributed by atoms with Crippen molar-refractivity contribution in [3.05, 3.63) is 47.8 Å². The van der Waals surface area contributed by atoms with Crippen molar-refractivity contribution in [1.82, 2.24) is 9.29 Å². The summed E-state index contributed by atoms with van der Waals surface area (Å²) >= 11 is 1.45. The van der Waals surface area contributed by atoms with Crippen molar-refractivity contribution < 1.29 is 14.3 Å². The molecular weight excluding hydrogens is 326 g/mol. The summed E-state index contributed by atoms with van der Waals surface area (Å²) in [5.74, 6) is 0.0793. The lowest BCUT2D eigenvalue weighted by molar-refractivity contribution is 0.0943. The zero-order chi connectivity index (χ0) is 16.5. The monoisotopic (exact) mass is 343 g/mol. The smallest absolute Gasteiger partial charge is 0.273 e. The second kappa shape index (κ2) is 6.33. The molecule has 2 aliphatic rings. The number of hydrogen-bond donors (Lipinski definition) is 2. The van der Waals surface area contributed by atoms with E-state index in [9.17, 15) is 9.59 Å². The number of fused-ring (bicyclic) bond motifs is 2. The van der Waals surface area contributed by atoms with Crippen molar-refractivity contribution in [3.8, 4) is 0 Å². The van der Waals surface area contributed by atoms with Crippen LogP contribution in [0, 0.1) is 5.92 Å². The van der Waals surface area contributed by atoms with Crippen LogP contribution >= 0.6 is 11.9 Å². The molecule has 4 rings (SSSR count). The van der Waals surface area contributed by atoms with Gasteiger partial charge < -0.3 is 15.4 Å². The van der Waals surface area contributed by atoms with Crippen LogP contribution in [-0.4, -0.2) is 35.5 Å². The summed E-state index contributed by atoms with van der Waals surface area (Å²) in [6.07, 6.45) is 2.83. The third-order valence-corrected chi connectivity index (χ3v) is 5.28. The molecule has 1 fully saturated rings. The lowest BCUT2D eigenvalue weighted by Crippen LogP contribution is -2.29. The highest BCUT2D eigenvalue weighted by Gasteiger charge is 2.21. The van der Waals surface area contributed by atoms with Crippen LogP contribution < -0.4 is 10.6 Å². The summed E-state index contributed by atoms with van der Waals surface area (Å²) in [6.45, 7) is 2.08. The number of carbonyl (C=O) groups excluding carboxylic acids is 2. The van der Waals surface area contributed by atoms with Crippen LogP contribution in [0.5, 0.6) is 0 Å². The van der Waals surface area contributed by atoms with Gasteiger partial charge in [0.05, 0.1) is 17.2 Å². The van der Waals surface area contributed by atoms with Gasteiger partial charge in [-0.15, -0.1) is 0 Å². The fourth-order valence-electron chi connectivity index (χ4n) is 2.85. The summed E-state index contributed by atoms with van der Waals surface area (Å²) in [5.41, 5.74) is 1.79. The molecule has 2 amide bonds. The Kier molecular flexibility index (Phi) is 4.03. The Morgan fingerprint density at radius 3 is 3.17 bits per heavy atom. The Bertz CT molecular complexity index is 796. The summed E-state index contributed by atoms with van der Waals surface area (Å²) < 4.78 is 7.13. The Morgan fingerprint density at radius 2 is 2.33 bits per heavy atom. The Labute approximate surface area is 143 Å². The second-order valence-corrected chi connectivity index (χ2v) is 6.93. The van der Waals surface area contributed by atoms with E-state index in [1.165, 1.54) is 11.9 Å². The third-order valence-electron chi connectivity index (χ3n) is 4.21. The Hall–Kier alpha value is -2.25. The minimum atomic E-state index is -0.174. The number of amides is 2. The topological polar surface area (TPSA) is 72.4 Å². The molecule has 124 valence electrons. The fourth-order valence-corrected chi connectivity index (χ4v) is 3.77. The number of carbonyl (C=O) groups is 2. The standard InChI is InChI=1S/C17H17N3O3S/c21-16(18-9-11-5-7-23-10-11)12-3-4-15-13(8-12)19-17(22)14-2-1-6-20(14)24-15/h1-4,6,8,11H,5,7,9-10H2,(H,18,21)(H,19,22). The van der Waals surface area contributed by atoms with E-state index in [1.54, 1.807) is 18.2 Å². The van der Waals surface area contributed by atoms with E-state index in [1.807, 2.05) is 22.3 Å². The van der Waals surface area contributed by atoms with Gasteiger partial charge in [0, 0.05) is 30.8 Å². The van der Waals surface area contributed by atoms with E-state index < -0.39 is 0 Å². The van der Waals surface area contributed by atoms with Gasteiger partial charge in [-0.3, -0.25) is 13.6 Å². The molecule has 1 saturated heterocycles. The minimum Gasteiger partial charge on any atom is -0.381 e. The van der Waals surface area contributed by atoms with Crippen LogP contribution in [0.1, 0.15) is 27.3 Å². The van der Waals surface area contributed by atoms with E-state index in [0.29, 0.717) is 36.0 Å². The fraction of sp³-hybridized carbons (Fsp3) is 0.294. The highest BCUT2D eigenvalue weighted by atomic mass is 32.2. The van der Waals surface area contributed by atoms with Crippen molar-refractivity contribution in [2.75, 3.05) is 25.1 Å². The van der Waals surface area contributed by atoms with Crippen molar-refractivity contribution in [3.63, 3.8) is 0 Å². The van der Waals surface area contributed by atoms with Gasteiger partial charge in [0.1, 0.15) is 5.69 Å². The molecule has 0 spiro atoms. The van der Waals surface area contributed by atoms with Crippen LogP contribution in [0.2, 0.25) is 0 Å². The number of nitrogens with one attached hydrogen (secondary N) is 2. The van der Waals surface area contributed by atoms with Gasteiger partial charge in [0.15, 0.2) is 0 Å². The van der Waals surface area contributed by atoms with Crippen molar-refractivity contribution in [1.29, 1.82) is 0 Å². The van der Waals surface area contributed by atoms with E-state index in [0.717, 1.165) is 17.9 Å². The maximum atomic E-state index is 12.3. The van der Waals surface area contributed by atoms with Crippen molar-refractivity contribution >= 4 is 29.4 Å². The lowest BCUT2D eigenvalue weighted by Gasteiger charge is -2.11. The first-order valence-corrected chi connectivity index (χ1v) is 8.65. The molecule has 2 aliphatic heterocycles. The quantitative estimate of drug-likeness (QED) is 0.897. The summed E-state index contributed by atoms with van der Waals surface area (Å²) in [6, 6.07) is 8.98. The molecule has 1 atom stereocenters. The van der Waals surface area contributed by atoms with Gasteiger partial charge in [-0.25, -0.2) is 0 Å². The highest BCUT2D eigenvalue weighted by Crippen LogP contribution is 2.33. The van der Waals surface area contributed by atoms with Gasteiger partial charge in [0.2, 0.25) is 0 Å². The first-order chi connectivity index (χ1) is 11.7. The lowest BCUT2D eigenvalue weighted by atomic mass is 10.1. The van der Waals surface area contributed by atoms with Gasteiger partial charge in [-0.05, 0) is 48.7 Å². The molecule has 0 radical (unpaired) electrons. The van der Waals surface area contributed by atoms with E-state index in [4.69, 9.17) is 4.74 Å². The van der Waals surface area contributed by atoms with Gasteiger partial charge >= 0.3 is 0 Å². The molecule has 1 unspecified atom stereocenters. The predicted molar refractivity (Wildman–Crippen MR) is 91.3 cm³/mol. The number of ether oxygens (including phenoxy) is 1. The van der Waals surface area contributed by atoms with Crippen LogP contribution in [0.3, 0.4) is 0 Å². The summed E-state index contributed by atoms with van der Waals surface area (Å²) in [4.78, 5) is 25.5. The molecular formula is C17H17N3O3S. The van der Waals surface area contributed by atoms with Gasteiger partial charge in [-0.2, -0.15) is 0 Å². The third kappa shape index (κ3) is 2.92. The Morgan fingerprint density at radius 1 is 1.42 bits per heavy atom. The molecule has 2 N–H and O–H groups in total. The van der Waals surface area contributed by atoms with Crippen LogP contribution in [0.25, 0.3) is 0 Å². The molecule has 6 nitrogen and oxygen atoms in total. The zero-order valence-corrected chi connectivity index (χ0v) is 13.8. The number of anilines is 1. The normalized spacial score (nSPS) is 19.2. The molecule has 7 heteroatoms.